The van der Waals surface area contributed by atoms with Crippen LogP contribution in [0.2, 0.25) is 10.0 Å². The maximum absolute atomic E-state index is 11.6. The molecule has 0 heterocycles. The summed E-state index contributed by atoms with van der Waals surface area (Å²) in [6, 6.07) is 4.90. The van der Waals surface area contributed by atoms with Crippen LogP contribution in [0, 0.1) is 0 Å². The highest BCUT2D eigenvalue weighted by atomic mass is 35.5. The van der Waals surface area contributed by atoms with Crippen LogP contribution in [0.1, 0.15) is 17.7 Å². The van der Waals surface area contributed by atoms with Crippen molar-refractivity contribution >= 4 is 33.2 Å². The molecule has 0 aliphatic carbocycles. The van der Waals surface area contributed by atoms with Gasteiger partial charge in [-0.25, -0.2) is 13.1 Å². The molecule has 0 aliphatic rings. The molecule has 1 rings (SSSR count). The molecule has 0 spiro atoms. The summed E-state index contributed by atoms with van der Waals surface area (Å²) in [5.41, 5.74) is 0.426. The highest BCUT2D eigenvalue weighted by molar-refractivity contribution is 7.89. The molecule has 84 valence electrons. The summed E-state index contributed by atoms with van der Waals surface area (Å²) in [7, 11) is -2.06. The topological polar surface area (TPSA) is 46.2 Å². The second kappa shape index (κ2) is 4.70. The molecule has 0 aromatic heterocycles. The molecule has 6 heteroatoms. The van der Waals surface area contributed by atoms with Crippen molar-refractivity contribution in [2.75, 3.05) is 7.05 Å². The van der Waals surface area contributed by atoms with E-state index < -0.39 is 15.3 Å². The summed E-state index contributed by atoms with van der Waals surface area (Å²) in [5.74, 6) is 0. The third kappa shape index (κ3) is 2.64. The molecule has 0 amide bonds. The normalized spacial score (nSPS) is 13.9. The Morgan fingerprint density at radius 3 is 2.13 bits per heavy atom. The fourth-order valence-corrected chi connectivity index (χ4v) is 3.00. The average molecular weight is 268 g/mol. The highest BCUT2D eigenvalue weighted by Gasteiger charge is 2.24. The monoisotopic (exact) mass is 267 g/mol. The van der Waals surface area contributed by atoms with Gasteiger partial charge in [0.2, 0.25) is 10.0 Å². The van der Waals surface area contributed by atoms with Gasteiger partial charge >= 0.3 is 0 Å². The second-order valence-electron chi connectivity index (χ2n) is 3.03. The zero-order chi connectivity index (χ0) is 11.6. The molecular weight excluding hydrogens is 257 g/mol. The molecule has 0 aliphatic heterocycles. The van der Waals surface area contributed by atoms with E-state index >= 15 is 0 Å². The molecule has 1 N–H and O–H groups in total. The highest BCUT2D eigenvalue weighted by Crippen LogP contribution is 2.33. The van der Waals surface area contributed by atoms with Gasteiger partial charge in [-0.05, 0) is 26.1 Å². The first-order valence-corrected chi connectivity index (χ1v) is 6.56. The third-order valence-electron chi connectivity index (χ3n) is 2.16. The minimum absolute atomic E-state index is 0.355. The van der Waals surface area contributed by atoms with Gasteiger partial charge in [0.15, 0.2) is 0 Å². The van der Waals surface area contributed by atoms with Gasteiger partial charge in [0.05, 0.1) is 0 Å². The average Bonchev–Trinajstić information content (AvgIpc) is 2.17. The number of hydrogen-bond acceptors (Lipinski definition) is 2. The van der Waals surface area contributed by atoms with Crippen LogP contribution >= 0.6 is 23.2 Å². The van der Waals surface area contributed by atoms with Crippen LogP contribution in [-0.2, 0) is 10.0 Å². The number of sulfonamides is 1. The van der Waals surface area contributed by atoms with E-state index in [2.05, 4.69) is 4.72 Å². The van der Waals surface area contributed by atoms with E-state index in [1.165, 1.54) is 7.05 Å². The van der Waals surface area contributed by atoms with Gasteiger partial charge in [-0.1, -0.05) is 29.3 Å². The van der Waals surface area contributed by atoms with Crippen molar-refractivity contribution in [1.82, 2.24) is 4.72 Å². The fraction of sp³-hybridized carbons (Fsp3) is 0.333. The molecule has 1 aromatic carbocycles. The first kappa shape index (κ1) is 12.8. The summed E-state index contributed by atoms with van der Waals surface area (Å²) in [5, 5.41) is -0.0636. The smallest absolute Gasteiger partial charge is 0.218 e. The van der Waals surface area contributed by atoms with Crippen LogP contribution in [-0.4, -0.2) is 15.5 Å². The standard InChI is InChI=1S/C9H11Cl2NO2S/c1-6(15(13,14)12-2)9-7(10)4-3-5-8(9)11/h3-6,12H,1-2H3. The van der Waals surface area contributed by atoms with Crippen molar-refractivity contribution in [2.24, 2.45) is 0 Å². The maximum Gasteiger partial charge on any atom is 0.218 e. The molecule has 0 radical (unpaired) electrons. The summed E-state index contributed by atoms with van der Waals surface area (Å²) >= 11 is 11.8. The van der Waals surface area contributed by atoms with Crippen LogP contribution < -0.4 is 4.72 Å². The summed E-state index contributed by atoms with van der Waals surface area (Å²) in [6.45, 7) is 1.54. The number of rotatable bonds is 3. The number of hydrogen-bond donors (Lipinski definition) is 1. The Labute approximate surface area is 99.4 Å². The van der Waals surface area contributed by atoms with E-state index in [1.807, 2.05) is 0 Å². The lowest BCUT2D eigenvalue weighted by Gasteiger charge is -2.15. The summed E-state index contributed by atoms with van der Waals surface area (Å²) in [6.07, 6.45) is 0. The molecule has 1 unspecified atom stereocenters. The van der Waals surface area contributed by atoms with Gasteiger partial charge in [0, 0.05) is 15.6 Å². The van der Waals surface area contributed by atoms with Crippen LogP contribution in [0.5, 0.6) is 0 Å². The molecule has 15 heavy (non-hydrogen) atoms. The zero-order valence-corrected chi connectivity index (χ0v) is 10.6. The molecule has 0 fully saturated rings. The van der Waals surface area contributed by atoms with Crippen molar-refractivity contribution < 1.29 is 8.42 Å². The van der Waals surface area contributed by atoms with Gasteiger partial charge in [-0.2, -0.15) is 0 Å². The fourth-order valence-electron chi connectivity index (χ4n) is 1.23. The number of halogens is 2. The molecule has 3 nitrogen and oxygen atoms in total. The maximum atomic E-state index is 11.6. The molecule has 0 bridgehead atoms. The van der Waals surface area contributed by atoms with E-state index in [4.69, 9.17) is 23.2 Å². The summed E-state index contributed by atoms with van der Waals surface area (Å²) in [4.78, 5) is 0. The Balaban J connectivity index is 3.29. The van der Waals surface area contributed by atoms with Crippen molar-refractivity contribution in [1.29, 1.82) is 0 Å². The van der Waals surface area contributed by atoms with Gasteiger partial charge in [0.1, 0.15) is 5.25 Å². The van der Waals surface area contributed by atoms with Gasteiger partial charge < -0.3 is 0 Å². The molecule has 1 aromatic rings. The van der Waals surface area contributed by atoms with Crippen LogP contribution in [0.4, 0.5) is 0 Å². The lowest BCUT2D eigenvalue weighted by atomic mass is 10.2. The van der Waals surface area contributed by atoms with Gasteiger partial charge in [-0.15, -0.1) is 0 Å². The third-order valence-corrected chi connectivity index (χ3v) is 4.55. The molecular formula is C9H11Cl2NO2S. The Hall–Kier alpha value is -0.290. The molecule has 0 saturated carbocycles. The Bertz CT molecular complexity index is 439. The van der Waals surface area contributed by atoms with E-state index in [9.17, 15) is 8.42 Å². The minimum Gasteiger partial charge on any atom is -0.218 e. The van der Waals surface area contributed by atoms with Crippen molar-refractivity contribution in [3.8, 4) is 0 Å². The first-order chi connectivity index (χ1) is 6.90. The van der Waals surface area contributed by atoms with Crippen molar-refractivity contribution in [2.45, 2.75) is 12.2 Å². The van der Waals surface area contributed by atoms with Crippen LogP contribution in [0.25, 0.3) is 0 Å². The van der Waals surface area contributed by atoms with Crippen LogP contribution in [0.15, 0.2) is 18.2 Å². The minimum atomic E-state index is -3.42. The van der Waals surface area contributed by atoms with Crippen molar-refractivity contribution in [3.63, 3.8) is 0 Å². The zero-order valence-electron chi connectivity index (χ0n) is 8.29. The predicted octanol–water partition coefficient (Wildman–Crippen LogP) is 2.60. The van der Waals surface area contributed by atoms with Gasteiger partial charge in [0.25, 0.3) is 0 Å². The lowest BCUT2D eigenvalue weighted by Crippen LogP contribution is -2.24. The second-order valence-corrected chi connectivity index (χ2v) is 6.05. The Kier molecular flexibility index (Phi) is 4.00. The summed E-state index contributed by atoms with van der Waals surface area (Å²) < 4.78 is 25.4. The van der Waals surface area contributed by atoms with E-state index in [0.29, 0.717) is 15.6 Å². The SMILES string of the molecule is CNS(=O)(=O)C(C)c1c(Cl)cccc1Cl. The quantitative estimate of drug-likeness (QED) is 0.915. The lowest BCUT2D eigenvalue weighted by molar-refractivity contribution is 0.578. The molecule has 0 saturated heterocycles. The van der Waals surface area contributed by atoms with E-state index in [1.54, 1.807) is 25.1 Å². The van der Waals surface area contributed by atoms with E-state index in [0.717, 1.165) is 0 Å². The van der Waals surface area contributed by atoms with Crippen LogP contribution in [0.3, 0.4) is 0 Å². The molecule has 1 atom stereocenters. The Morgan fingerprint density at radius 1 is 1.27 bits per heavy atom. The predicted molar refractivity (Wildman–Crippen MR) is 62.9 cm³/mol. The Morgan fingerprint density at radius 2 is 1.73 bits per heavy atom. The van der Waals surface area contributed by atoms with Crippen molar-refractivity contribution in [3.05, 3.63) is 33.8 Å². The first-order valence-electron chi connectivity index (χ1n) is 4.26. The van der Waals surface area contributed by atoms with E-state index in [-0.39, 0.29) is 0 Å². The van der Waals surface area contributed by atoms with Gasteiger partial charge in [-0.3, -0.25) is 0 Å². The largest absolute Gasteiger partial charge is 0.218 e. The number of nitrogens with one attached hydrogen (secondary N) is 1. The number of benzene rings is 1.